The van der Waals surface area contributed by atoms with Gasteiger partial charge in [-0.2, -0.15) is 0 Å². The molecule has 2 aromatic carbocycles. The van der Waals surface area contributed by atoms with Gasteiger partial charge in [0.05, 0.1) is 10.6 Å². The molecule has 1 aliphatic heterocycles. The fourth-order valence-electron chi connectivity index (χ4n) is 3.68. The summed E-state index contributed by atoms with van der Waals surface area (Å²) in [6, 6.07) is 15.7. The average molecular weight is 464 g/mol. The SMILES string of the molecule is Cc1cccc(NC(=O)CCCCCn2c(O)c(/C=C3/C=Nc4ccccc43)sc2=S)c1. The van der Waals surface area contributed by atoms with Gasteiger partial charge in [0.15, 0.2) is 3.95 Å². The largest absolute Gasteiger partial charge is 0.493 e. The Bertz CT molecular complexity index is 1250. The number of thiazole rings is 1. The number of aromatic hydroxyl groups is 1. The van der Waals surface area contributed by atoms with Crippen molar-refractivity contribution in [1.82, 2.24) is 4.57 Å². The fraction of sp³-hybridized carbons (Fsp3) is 0.240. The molecule has 0 fully saturated rings. The van der Waals surface area contributed by atoms with Crippen LogP contribution in [0.15, 0.2) is 53.5 Å². The lowest BCUT2D eigenvalue weighted by Gasteiger charge is -2.07. The van der Waals surface area contributed by atoms with E-state index in [4.69, 9.17) is 12.2 Å². The van der Waals surface area contributed by atoms with Gasteiger partial charge in [-0.25, -0.2) is 0 Å². The molecule has 0 spiro atoms. The second-order valence-electron chi connectivity index (χ2n) is 7.81. The van der Waals surface area contributed by atoms with Gasteiger partial charge in [-0.3, -0.25) is 14.4 Å². The van der Waals surface area contributed by atoms with E-state index in [1.165, 1.54) is 11.3 Å². The predicted molar refractivity (Wildman–Crippen MR) is 136 cm³/mol. The Balaban J connectivity index is 1.29. The zero-order chi connectivity index (χ0) is 22.5. The number of hydrogen-bond acceptors (Lipinski definition) is 5. The first-order valence-corrected chi connectivity index (χ1v) is 11.9. The number of carbonyl (C=O) groups is 1. The van der Waals surface area contributed by atoms with E-state index in [1.807, 2.05) is 67.7 Å². The minimum atomic E-state index is 0.0259. The van der Waals surface area contributed by atoms with Crippen molar-refractivity contribution in [2.45, 2.75) is 39.2 Å². The summed E-state index contributed by atoms with van der Waals surface area (Å²) in [4.78, 5) is 17.3. The van der Waals surface area contributed by atoms with E-state index < -0.39 is 0 Å². The third-order valence-electron chi connectivity index (χ3n) is 5.33. The number of rotatable bonds is 8. The number of nitrogens with zero attached hydrogens (tertiary/aromatic N) is 2. The number of fused-ring (bicyclic) bond motifs is 1. The maximum Gasteiger partial charge on any atom is 0.224 e. The molecule has 0 saturated heterocycles. The van der Waals surface area contributed by atoms with E-state index in [-0.39, 0.29) is 11.8 Å². The number of para-hydroxylation sites is 1. The molecule has 0 saturated carbocycles. The molecule has 0 aliphatic carbocycles. The molecule has 1 amide bonds. The summed E-state index contributed by atoms with van der Waals surface area (Å²) in [5.74, 6) is 0.223. The minimum Gasteiger partial charge on any atom is -0.493 e. The molecular formula is C25H25N3O2S2. The van der Waals surface area contributed by atoms with Crippen molar-refractivity contribution < 1.29 is 9.90 Å². The van der Waals surface area contributed by atoms with Gasteiger partial charge >= 0.3 is 0 Å². The summed E-state index contributed by atoms with van der Waals surface area (Å²) in [6.07, 6.45) is 6.76. The smallest absolute Gasteiger partial charge is 0.224 e. The van der Waals surface area contributed by atoms with Crippen molar-refractivity contribution in [3.05, 3.63) is 68.5 Å². The van der Waals surface area contributed by atoms with Crippen LogP contribution >= 0.6 is 23.6 Å². The van der Waals surface area contributed by atoms with Gasteiger partial charge in [0.2, 0.25) is 11.8 Å². The third kappa shape index (κ3) is 5.23. The Morgan fingerprint density at radius 3 is 2.88 bits per heavy atom. The Kier molecular flexibility index (Phi) is 6.97. The second kappa shape index (κ2) is 10.1. The van der Waals surface area contributed by atoms with Gasteiger partial charge in [0.25, 0.3) is 0 Å². The van der Waals surface area contributed by atoms with Crippen LogP contribution in [0.4, 0.5) is 11.4 Å². The van der Waals surface area contributed by atoms with Crippen LogP contribution in [0.1, 0.15) is 41.7 Å². The summed E-state index contributed by atoms with van der Waals surface area (Å²) in [6.45, 7) is 2.64. The normalized spacial score (nSPS) is 13.5. The van der Waals surface area contributed by atoms with Gasteiger partial charge < -0.3 is 10.4 Å². The maximum absolute atomic E-state index is 12.1. The summed E-state index contributed by atoms with van der Waals surface area (Å²) in [7, 11) is 0. The molecule has 0 radical (unpaired) electrons. The highest BCUT2D eigenvalue weighted by atomic mass is 32.1. The van der Waals surface area contributed by atoms with E-state index >= 15 is 0 Å². The van der Waals surface area contributed by atoms with Crippen molar-refractivity contribution in [2.75, 3.05) is 5.32 Å². The molecule has 0 atom stereocenters. The van der Waals surface area contributed by atoms with Crippen molar-refractivity contribution in [2.24, 2.45) is 4.99 Å². The lowest BCUT2D eigenvalue weighted by atomic mass is 10.1. The molecule has 3 aromatic rings. The number of benzene rings is 2. The average Bonchev–Trinajstić information content (AvgIpc) is 3.29. The number of carbonyl (C=O) groups excluding carboxylic acids is 1. The van der Waals surface area contributed by atoms with Crippen molar-refractivity contribution >= 4 is 58.7 Å². The quantitative estimate of drug-likeness (QED) is 0.287. The third-order valence-corrected chi connectivity index (χ3v) is 6.71. The highest BCUT2D eigenvalue weighted by Gasteiger charge is 2.15. The zero-order valence-electron chi connectivity index (χ0n) is 17.9. The summed E-state index contributed by atoms with van der Waals surface area (Å²) in [5.41, 5.74) is 4.92. The lowest BCUT2D eigenvalue weighted by Crippen LogP contribution is -2.11. The van der Waals surface area contributed by atoms with Crippen LogP contribution in [0.3, 0.4) is 0 Å². The van der Waals surface area contributed by atoms with E-state index in [1.54, 1.807) is 4.57 Å². The summed E-state index contributed by atoms with van der Waals surface area (Å²) >= 11 is 6.88. The van der Waals surface area contributed by atoms with Gasteiger partial charge in [-0.05, 0) is 61.8 Å². The van der Waals surface area contributed by atoms with Crippen molar-refractivity contribution in [3.63, 3.8) is 0 Å². The molecule has 5 nitrogen and oxygen atoms in total. The van der Waals surface area contributed by atoms with E-state index in [9.17, 15) is 9.90 Å². The van der Waals surface area contributed by atoms with Gasteiger partial charge in [-0.15, -0.1) is 11.3 Å². The monoisotopic (exact) mass is 463 g/mol. The predicted octanol–water partition coefficient (Wildman–Crippen LogP) is 6.75. The highest BCUT2D eigenvalue weighted by molar-refractivity contribution is 7.73. The number of unbranched alkanes of at least 4 members (excludes halogenated alkanes) is 2. The van der Waals surface area contributed by atoms with E-state index in [2.05, 4.69) is 10.3 Å². The first kappa shape index (κ1) is 22.2. The van der Waals surface area contributed by atoms with Crippen LogP contribution < -0.4 is 5.32 Å². The zero-order valence-corrected chi connectivity index (χ0v) is 19.5. The van der Waals surface area contributed by atoms with Gasteiger partial charge in [0, 0.05) is 36.0 Å². The second-order valence-corrected chi connectivity index (χ2v) is 9.49. The topological polar surface area (TPSA) is 66.6 Å². The Hall–Kier alpha value is -3.03. The maximum atomic E-state index is 12.1. The van der Waals surface area contributed by atoms with Crippen LogP contribution in [0, 0.1) is 10.9 Å². The van der Waals surface area contributed by atoms with E-state index in [0.29, 0.717) is 16.9 Å². The molecule has 2 N–H and O–H groups in total. The number of aryl methyl sites for hydroxylation is 1. The summed E-state index contributed by atoms with van der Waals surface area (Å²) in [5, 5.41) is 13.6. The summed E-state index contributed by atoms with van der Waals surface area (Å²) < 4.78 is 2.42. The number of anilines is 1. The highest BCUT2D eigenvalue weighted by Crippen LogP contribution is 2.35. The fourth-order valence-corrected chi connectivity index (χ4v) is 4.99. The van der Waals surface area contributed by atoms with Crippen LogP contribution in [-0.4, -0.2) is 21.8 Å². The van der Waals surface area contributed by atoms with Crippen molar-refractivity contribution in [1.29, 1.82) is 0 Å². The standard InChI is InChI=1S/C25H25N3O2S2/c1-17-8-7-9-19(14-17)27-23(29)12-3-2-6-13-28-24(30)22(32-25(28)31)15-18-16-26-21-11-5-4-10-20(18)21/h4-5,7-11,14-16,30H,2-3,6,12-13H2,1H3,(H,27,29)/b18-15-. The number of aromatic nitrogens is 1. The molecular weight excluding hydrogens is 438 g/mol. The van der Waals surface area contributed by atoms with E-state index in [0.717, 1.165) is 52.2 Å². The Morgan fingerprint density at radius 2 is 2.03 bits per heavy atom. The molecule has 164 valence electrons. The lowest BCUT2D eigenvalue weighted by molar-refractivity contribution is -0.116. The molecule has 32 heavy (non-hydrogen) atoms. The molecule has 4 rings (SSSR count). The van der Waals surface area contributed by atoms with Crippen LogP contribution in [0.25, 0.3) is 11.6 Å². The molecule has 7 heteroatoms. The number of aliphatic imine (C=N–C) groups is 1. The number of hydrogen-bond donors (Lipinski definition) is 2. The van der Waals surface area contributed by atoms with Gasteiger partial charge in [-0.1, -0.05) is 36.8 Å². The molecule has 1 aromatic heterocycles. The molecule has 2 heterocycles. The Labute approximate surface area is 196 Å². The van der Waals surface area contributed by atoms with Crippen LogP contribution in [-0.2, 0) is 11.3 Å². The molecule has 1 aliphatic rings. The number of amides is 1. The first-order valence-electron chi connectivity index (χ1n) is 10.7. The van der Waals surface area contributed by atoms with Crippen molar-refractivity contribution in [3.8, 4) is 5.88 Å². The minimum absolute atomic E-state index is 0.0259. The number of allylic oxidation sites excluding steroid dienone is 1. The first-order chi connectivity index (χ1) is 15.5. The number of nitrogens with one attached hydrogen (secondary N) is 1. The molecule has 0 bridgehead atoms. The molecule has 0 unspecified atom stereocenters. The van der Waals surface area contributed by atoms with Crippen LogP contribution in [0.2, 0.25) is 0 Å². The Morgan fingerprint density at radius 1 is 1.19 bits per heavy atom. The van der Waals surface area contributed by atoms with Crippen LogP contribution in [0.5, 0.6) is 5.88 Å². The van der Waals surface area contributed by atoms with Gasteiger partial charge in [0.1, 0.15) is 0 Å².